The summed E-state index contributed by atoms with van der Waals surface area (Å²) in [6.45, 7) is 35.6. The second-order valence-electron chi connectivity index (χ2n) is 18.0. The van der Waals surface area contributed by atoms with E-state index in [4.69, 9.17) is 8.85 Å². The zero-order chi connectivity index (χ0) is 38.3. The Balaban J connectivity index is 3.19. The van der Waals surface area contributed by atoms with Gasteiger partial charge in [-0.15, -0.1) is 11.3 Å². The predicted octanol–water partition coefficient (Wildman–Crippen LogP) is 10.8. The van der Waals surface area contributed by atoms with Gasteiger partial charge in [-0.3, -0.25) is 9.59 Å². The molecule has 1 rings (SSSR count). The SMILES string of the molecule is C/C(=C/CCC[C@H](C)[C@H](O[Si](C)(C)C(C)(C)C)[C@@H](C)C(=O)C(C)(C)[C@H](CC(=O)O)O[Si](C)(C)C(C)(C)C)C[C@H](O)/C(C)=C/c1csc(C)n1. The first kappa shape index (κ1) is 45.6. The van der Waals surface area contributed by atoms with Crippen molar-refractivity contribution < 1.29 is 28.7 Å². The number of aromatic nitrogens is 1. The molecule has 0 unspecified atom stereocenters. The highest BCUT2D eigenvalue weighted by molar-refractivity contribution is 7.09. The summed E-state index contributed by atoms with van der Waals surface area (Å²) < 4.78 is 13.8. The Hall–Kier alpha value is -1.44. The number of carboxylic acid groups (broad SMARTS) is 1. The number of unbranched alkanes of at least 4 members (excludes halogenated alkanes) is 1. The second kappa shape index (κ2) is 17.9. The van der Waals surface area contributed by atoms with Crippen molar-refractivity contribution in [3.8, 4) is 0 Å². The van der Waals surface area contributed by atoms with Crippen LogP contribution in [-0.4, -0.2) is 61.9 Å². The number of hydrogen-bond acceptors (Lipinski definition) is 7. The van der Waals surface area contributed by atoms with Crippen molar-refractivity contribution in [2.24, 2.45) is 17.3 Å². The van der Waals surface area contributed by atoms with Crippen LogP contribution in [0.1, 0.15) is 126 Å². The lowest BCUT2D eigenvalue weighted by Crippen LogP contribution is -2.54. The monoisotopic (exact) mass is 737 g/mol. The molecule has 5 atom stereocenters. The molecule has 0 radical (unpaired) electrons. The molecule has 282 valence electrons. The Kier molecular flexibility index (Phi) is 16.6. The molecule has 0 saturated heterocycles. The van der Waals surface area contributed by atoms with Crippen LogP contribution in [0.2, 0.25) is 36.3 Å². The van der Waals surface area contributed by atoms with Gasteiger partial charge in [0.2, 0.25) is 0 Å². The Morgan fingerprint density at radius 2 is 1.47 bits per heavy atom. The second-order valence-corrected chi connectivity index (χ2v) is 28.6. The predicted molar refractivity (Wildman–Crippen MR) is 212 cm³/mol. The largest absolute Gasteiger partial charge is 0.481 e. The van der Waals surface area contributed by atoms with Gasteiger partial charge in [-0.2, -0.15) is 0 Å². The first-order valence-electron chi connectivity index (χ1n) is 18.1. The van der Waals surface area contributed by atoms with Gasteiger partial charge in [0.15, 0.2) is 16.6 Å². The molecule has 0 saturated carbocycles. The number of carboxylic acids is 1. The molecule has 0 amide bonds. The van der Waals surface area contributed by atoms with Gasteiger partial charge in [-0.05, 0) is 100 Å². The van der Waals surface area contributed by atoms with Gasteiger partial charge in [0.1, 0.15) is 5.78 Å². The maximum atomic E-state index is 14.5. The van der Waals surface area contributed by atoms with Crippen molar-refractivity contribution in [1.82, 2.24) is 4.98 Å². The number of rotatable bonds is 19. The fourth-order valence-electron chi connectivity index (χ4n) is 5.54. The van der Waals surface area contributed by atoms with Gasteiger partial charge in [-0.1, -0.05) is 80.9 Å². The lowest BCUT2D eigenvalue weighted by atomic mass is 9.73. The van der Waals surface area contributed by atoms with Crippen LogP contribution in [0.25, 0.3) is 6.08 Å². The van der Waals surface area contributed by atoms with Crippen molar-refractivity contribution in [2.75, 3.05) is 0 Å². The number of carbonyl (C=O) groups excluding carboxylic acids is 1. The number of aliphatic carboxylic acids is 1. The lowest BCUT2D eigenvalue weighted by molar-refractivity contribution is -0.146. The summed E-state index contributed by atoms with van der Waals surface area (Å²) in [5.74, 6) is -1.30. The topological polar surface area (TPSA) is 106 Å². The van der Waals surface area contributed by atoms with E-state index in [1.807, 2.05) is 46.1 Å². The number of carbonyl (C=O) groups is 2. The number of allylic oxidation sites excluding steroid dienone is 1. The standard InChI is InChI=1S/C39H71NO6SSi2/c1-26(22-32(41)28(3)23-31-25-47-30(5)40-31)20-18-19-21-27(2)35(46-49(16,17)38(9,10)11)29(4)36(44)39(12,13)33(24-34(42)43)45-48(14,15)37(6,7)8/h20,23,25,27,29,32-33,35,41H,18-19,21-22,24H2,1-17H3,(H,42,43)/b26-20-,28-23+/t27-,29+,32-,33-,35-/m0/s1. The van der Waals surface area contributed by atoms with Crippen molar-refractivity contribution >= 4 is 45.8 Å². The number of nitrogens with zero attached hydrogens (tertiary/aromatic N) is 1. The molecule has 2 N–H and O–H groups in total. The summed E-state index contributed by atoms with van der Waals surface area (Å²) in [7, 11) is -4.63. The molecular formula is C39H71NO6SSi2. The van der Waals surface area contributed by atoms with Crippen LogP contribution in [0.3, 0.4) is 0 Å². The quantitative estimate of drug-likeness (QED) is 0.0827. The zero-order valence-electron chi connectivity index (χ0n) is 34.0. The maximum Gasteiger partial charge on any atom is 0.305 e. The van der Waals surface area contributed by atoms with Crippen molar-refractivity contribution in [1.29, 1.82) is 0 Å². The molecule has 1 heterocycles. The number of Topliss-reactive ketones (excluding diaryl/α,β-unsaturated/α-hetero) is 1. The third-order valence-corrected chi connectivity index (χ3v) is 20.9. The van der Waals surface area contributed by atoms with Crippen LogP contribution in [0.15, 0.2) is 22.6 Å². The molecule has 1 aromatic heterocycles. The van der Waals surface area contributed by atoms with E-state index in [2.05, 4.69) is 92.6 Å². The molecule has 0 aliphatic rings. The van der Waals surface area contributed by atoms with E-state index >= 15 is 0 Å². The summed E-state index contributed by atoms with van der Waals surface area (Å²) in [5, 5.41) is 23.5. The van der Waals surface area contributed by atoms with Crippen LogP contribution >= 0.6 is 11.3 Å². The molecule has 0 aromatic carbocycles. The van der Waals surface area contributed by atoms with Gasteiger partial charge >= 0.3 is 5.97 Å². The number of aliphatic hydroxyl groups is 1. The van der Waals surface area contributed by atoms with Gasteiger partial charge in [0, 0.05) is 16.7 Å². The Morgan fingerprint density at radius 1 is 0.939 bits per heavy atom. The number of thiazole rings is 1. The van der Waals surface area contributed by atoms with E-state index < -0.39 is 46.1 Å². The van der Waals surface area contributed by atoms with E-state index in [1.54, 1.807) is 11.3 Å². The summed E-state index contributed by atoms with van der Waals surface area (Å²) in [5.41, 5.74) is 1.92. The summed E-state index contributed by atoms with van der Waals surface area (Å²) >= 11 is 1.60. The summed E-state index contributed by atoms with van der Waals surface area (Å²) in [4.78, 5) is 31.1. The van der Waals surface area contributed by atoms with Crippen molar-refractivity contribution in [2.45, 2.75) is 177 Å². The maximum absolute atomic E-state index is 14.5. The normalized spacial score (nSPS) is 17.4. The highest BCUT2D eigenvalue weighted by Gasteiger charge is 2.49. The van der Waals surface area contributed by atoms with Gasteiger partial charge < -0.3 is 19.1 Å². The van der Waals surface area contributed by atoms with E-state index in [0.717, 1.165) is 41.1 Å². The minimum atomic E-state index is -2.37. The van der Waals surface area contributed by atoms with Crippen molar-refractivity contribution in [3.05, 3.63) is 33.3 Å². The molecule has 0 aliphatic heterocycles. The van der Waals surface area contributed by atoms with Crippen LogP contribution in [-0.2, 0) is 18.4 Å². The molecular weight excluding hydrogens is 667 g/mol. The van der Waals surface area contributed by atoms with Crippen molar-refractivity contribution in [3.63, 3.8) is 0 Å². The number of hydrogen-bond donors (Lipinski definition) is 2. The van der Waals surface area contributed by atoms with Gasteiger partial charge in [0.05, 0.1) is 35.4 Å². The molecule has 7 nitrogen and oxygen atoms in total. The molecule has 10 heteroatoms. The minimum Gasteiger partial charge on any atom is -0.481 e. The average Bonchev–Trinajstić information content (AvgIpc) is 3.35. The highest BCUT2D eigenvalue weighted by Crippen LogP contribution is 2.44. The molecule has 0 aliphatic carbocycles. The minimum absolute atomic E-state index is 0.00557. The molecule has 0 fully saturated rings. The van der Waals surface area contributed by atoms with Gasteiger partial charge in [0.25, 0.3) is 0 Å². The highest BCUT2D eigenvalue weighted by atomic mass is 32.1. The first-order valence-corrected chi connectivity index (χ1v) is 24.8. The third-order valence-electron chi connectivity index (χ3n) is 11.2. The van der Waals surface area contributed by atoms with E-state index in [1.165, 1.54) is 0 Å². The number of aryl methyl sites for hydroxylation is 1. The average molecular weight is 738 g/mol. The summed E-state index contributed by atoms with van der Waals surface area (Å²) in [6, 6.07) is 0. The molecule has 0 bridgehead atoms. The zero-order valence-corrected chi connectivity index (χ0v) is 36.9. The Morgan fingerprint density at radius 3 is 1.94 bits per heavy atom. The molecule has 0 spiro atoms. The Labute approximate surface area is 305 Å². The lowest BCUT2D eigenvalue weighted by Gasteiger charge is -2.46. The first-order chi connectivity index (χ1) is 22.0. The molecule has 49 heavy (non-hydrogen) atoms. The summed E-state index contributed by atoms with van der Waals surface area (Å²) in [6.07, 6.45) is 5.61. The fourth-order valence-corrected chi connectivity index (χ4v) is 9.02. The molecule has 1 aromatic rings. The van der Waals surface area contributed by atoms with Crippen LogP contribution < -0.4 is 0 Å². The van der Waals surface area contributed by atoms with Crippen LogP contribution in [0.5, 0.6) is 0 Å². The van der Waals surface area contributed by atoms with Crippen LogP contribution in [0, 0.1) is 24.2 Å². The van der Waals surface area contributed by atoms with Crippen LogP contribution in [0.4, 0.5) is 0 Å². The smallest absolute Gasteiger partial charge is 0.305 e. The fraction of sp³-hybridized carbons (Fsp3) is 0.769. The number of ketones is 1. The van der Waals surface area contributed by atoms with E-state index in [-0.39, 0.29) is 34.3 Å². The third kappa shape index (κ3) is 13.6. The number of aliphatic hydroxyl groups excluding tert-OH is 1. The Bertz CT molecular complexity index is 1300. The van der Waals surface area contributed by atoms with E-state index in [9.17, 15) is 19.8 Å². The van der Waals surface area contributed by atoms with E-state index in [0.29, 0.717) is 6.42 Å². The van der Waals surface area contributed by atoms with Gasteiger partial charge in [-0.25, -0.2) is 4.98 Å².